The topological polar surface area (TPSA) is 37.4 Å². The van der Waals surface area contributed by atoms with E-state index >= 15 is 0 Å². The molecule has 2 rings (SSSR count). The molecule has 1 saturated heterocycles. The van der Waals surface area contributed by atoms with E-state index in [-0.39, 0.29) is 0 Å². The maximum Gasteiger partial charge on any atom is 0.243 e. The Labute approximate surface area is 104 Å². The minimum absolute atomic E-state index is 0.443. The number of hydrogen-bond donors (Lipinski definition) is 0. The first-order valence-electron chi connectivity index (χ1n) is 6.23. The summed E-state index contributed by atoms with van der Waals surface area (Å²) in [5.74, 6) is 0. The molecule has 0 aliphatic carbocycles. The molecule has 3 nitrogen and oxygen atoms in total. The molecule has 0 spiro atoms. The van der Waals surface area contributed by atoms with E-state index in [2.05, 4.69) is 0 Å². The van der Waals surface area contributed by atoms with E-state index in [9.17, 15) is 8.42 Å². The molecule has 0 radical (unpaired) electrons. The Hall–Kier alpha value is -0.870. The van der Waals surface area contributed by atoms with Gasteiger partial charge >= 0.3 is 0 Å². The molecule has 0 atom stereocenters. The molecule has 17 heavy (non-hydrogen) atoms. The Bertz CT molecular complexity index is 476. The van der Waals surface area contributed by atoms with E-state index in [1.807, 2.05) is 19.1 Å². The van der Waals surface area contributed by atoms with E-state index in [0.29, 0.717) is 18.0 Å². The predicted molar refractivity (Wildman–Crippen MR) is 68.4 cm³/mol. The van der Waals surface area contributed by atoms with Crippen LogP contribution in [0.2, 0.25) is 0 Å². The van der Waals surface area contributed by atoms with Gasteiger partial charge in [-0.15, -0.1) is 0 Å². The van der Waals surface area contributed by atoms with Crippen molar-refractivity contribution in [2.24, 2.45) is 0 Å². The van der Waals surface area contributed by atoms with Crippen molar-refractivity contribution in [3.8, 4) is 0 Å². The third-order valence-corrected chi connectivity index (χ3v) is 5.15. The first kappa shape index (κ1) is 12.6. The molecule has 1 heterocycles. The SMILES string of the molecule is CCc1cccc(S(=O)(=O)N2CCCCC2)c1. The molecule has 0 saturated carbocycles. The maximum absolute atomic E-state index is 12.4. The normalized spacial score (nSPS) is 18.2. The molecule has 4 heteroatoms. The fourth-order valence-electron chi connectivity index (χ4n) is 2.18. The Kier molecular flexibility index (Phi) is 3.84. The first-order chi connectivity index (χ1) is 8.14. The Morgan fingerprint density at radius 3 is 2.53 bits per heavy atom. The molecule has 1 fully saturated rings. The van der Waals surface area contributed by atoms with Crippen molar-refractivity contribution in [1.82, 2.24) is 4.31 Å². The number of rotatable bonds is 3. The molecule has 1 aliphatic heterocycles. The quantitative estimate of drug-likeness (QED) is 0.829. The van der Waals surface area contributed by atoms with E-state index in [1.54, 1.807) is 16.4 Å². The highest BCUT2D eigenvalue weighted by Gasteiger charge is 2.25. The van der Waals surface area contributed by atoms with Crippen LogP contribution in [-0.4, -0.2) is 25.8 Å². The van der Waals surface area contributed by atoms with Gasteiger partial charge in [-0.05, 0) is 37.0 Å². The van der Waals surface area contributed by atoms with Crippen molar-refractivity contribution >= 4 is 10.0 Å². The van der Waals surface area contributed by atoms with Gasteiger partial charge < -0.3 is 0 Å². The summed E-state index contributed by atoms with van der Waals surface area (Å²) < 4.78 is 26.4. The van der Waals surface area contributed by atoms with Gasteiger partial charge in [0.1, 0.15) is 0 Å². The van der Waals surface area contributed by atoms with E-state index in [0.717, 1.165) is 31.2 Å². The highest BCUT2D eigenvalue weighted by atomic mass is 32.2. The van der Waals surface area contributed by atoms with Crippen molar-refractivity contribution in [3.05, 3.63) is 29.8 Å². The molecule has 0 unspecified atom stereocenters. The largest absolute Gasteiger partial charge is 0.243 e. The number of aryl methyl sites for hydroxylation is 1. The minimum Gasteiger partial charge on any atom is -0.207 e. The van der Waals surface area contributed by atoms with Crippen LogP contribution in [0.1, 0.15) is 31.7 Å². The fraction of sp³-hybridized carbons (Fsp3) is 0.538. The van der Waals surface area contributed by atoms with Crippen molar-refractivity contribution in [1.29, 1.82) is 0 Å². The Morgan fingerprint density at radius 1 is 1.18 bits per heavy atom. The second-order valence-electron chi connectivity index (χ2n) is 4.47. The molecular formula is C13H19NO2S. The Balaban J connectivity index is 2.29. The lowest BCUT2D eigenvalue weighted by molar-refractivity contribution is 0.346. The summed E-state index contributed by atoms with van der Waals surface area (Å²) >= 11 is 0. The highest BCUT2D eigenvalue weighted by Crippen LogP contribution is 2.21. The lowest BCUT2D eigenvalue weighted by Crippen LogP contribution is -2.35. The summed E-state index contributed by atoms with van der Waals surface area (Å²) in [4.78, 5) is 0.443. The van der Waals surface area contributed by atoms with Crippen LogP contribution in [0.4, 0.5) is 0 Å². The van der Waals surface area contributed by atoms with Crippen LogP contribution in [0.25, 0.3) is 0 Å². The molecule has 1 aromatic carbocycles. The molecule has 1 aromatic rings. The summed E-state index contributed by atoms with van der Waals surface area (Å²) in [6.07, 6.45) is 3.96. The van der Waals surface area contributed by atoms with Gasteiger partial charge in [0, 0.05) is 13.1 Å². The van der Waals surface area contributed by atoms with Crippen LogP contribution in [0.3, 0.4) is 0 Å². The predicted octanol–water partition coefficient (Wildman–Crippen LogP) is 2.42. The third-order valence-electron chi connectivity index (χ3n) is 3.26. The zero-order chi connectivity index (χ0) is 12.3. The van der Waals surface area contributed by atoms with Gasteiger partial charge in [0.25, 0.3) is 0 Å². The van der Waals surface area contributed by atoms with Crippen LogP contribution < -0.4 is 0 Å². The first-order valence-corrected chi connectivity index (χ1v) is 7.67. The van der Waals surface area contributed by atoms with Crippen molar-refractivity contribution in [2.45, 2.75) is 37.5 Å². The van der Waals surface area contributed by atoms with Crippen LogP contribution in [0, 0.1) is 0 Å². The molecular weight excluding hydrogens is 234 g/mol. The second-order valence-corrected chi connectivity index (χ2v) is 6.40. The van der Waals surface area contributed by atoms with Gasteiger partial charge in [-0.1, -0.05) is 25.5 Å². The van der Waals surface area contributed by atoms with Crippen LogP contribution >= 0.6 is 0 Å². The molecule has 94 valence electrons. The Morgan fingerprint density at radius 2 is 1.88 bits per heavy atom. The maximum atomic E-state index is 12.4. The van der Waals surface area contributed by atoms with Crippen LogP contribution in [0.15, 0.2) is 29.2 Å². The smallest absolute Gasteiger partial charge is 0.207 e. The van der Waals surface area contributed by atoms with Gasteiger partial charge in [-0.2, -0.15) is 4.31 Å². The van der Waals surface area contributed by atoms with Crippen LogP contribution in [0.5, 0.6) is 0 Å². The number of nitrogens with zero attached hydrogens (tertiary/aromatic N) is 1. The minimum atomic E-state index is -3.26. The standard InChI is InChI=1S/C13H19NO2S/c1-2-12-7-6-8-13(11-12)17(15,16)14-9-4-3-5-10-14/h6-8,11H,2-5,9-10H2,1H3. The summed E-state index contributed by atoms with van der Waals surface area (Å²) in [7, 11) is -3.26. The number of piperidine rings is 1. The lowest BCUT2D eigenvalue weighted by Gasteiger charge is -2.26. The van der Waals surface area contributed by atoms with Gasteiger partial charge in [0.15, 0.2) is 0 Å². The summed E-state index contributed by atoms with van der Waals surface area (Å²) in [6.45, 7) is 3.37. The van der Waals surface area contributed by atoms with E-state index in [4.69, 9.17) is 0 Å². The third kappa shape index (κ3) is 2.69. The molecule has 0 aromatic heterocycles. The average Bonchev–Trinajstić information content (AvgIpc) is 2.40. The number of sulfonamides is 1. The summed E-state index contributed by atoms with van der Waals surface area (Å²) in [6, 6.07) is 7.29. The van der Waals surface area contributed by atoms with Gasteiger partial charge in [-0.25, -0.2) is 8.42 Å². The van der Waals surface area contributed by atoms with Crippen molar-refractivity contribution in [3.63, 3.8) is 0 Å². The molecule has 0 N–H and O–H groups in total. The zero-order valence-electron chi connectivity index (χ0n) is 10.2. The van der Waals surface area contributed by atoms with E-state index in [1.165, 1.54) is 0 Å². The molecule has 1 aliphatic rings. The average molecular weight is 253 g/mol. The number of hydrogen-bond acceptors (Lipinski definition) is 2. The second kappa shape index (κ2) is 5.19. The fourth-order valence-corrected chi connectivity index (χ4v) is 3.77. The lowest BCUT2D eigenvalue weighted by atomic mass is 10.2. The van der Waals surface area contributed by atoms with Crippen LogP contribution in [-0.2, 0) is 16.4 Å². The van der Waals surface area contributed by atoms with Gasteiger partial charge in [0.2, 0.25) is 10.0 Å². The zero-order valence-corrected chi connectivity index (χ0v) is 11.0. The van der Waals surface area contributed by atoms with Gasteiger partial charge in [0.05, 0.1) is 4.90 Å². The monoisotopic (exact) mass is 253 g/mol. The van der Waals surface area contributed by atoms with Crippen molar-refractivity contribution in [2.75, 3.05) is 13.1 Å². The highest BCUT2D eigenvalue weighted by molar-refractivity contribution is 7.89. The summed E-state index contributed by atoms with van der Waals surface area (Å²) in [5, 5.41) is 0. The molecule has 0 amide bonds. The van der Waals surface area contributed by atoms with Crippen molar-refractivity contribution < 1.29 is 8.42 Å². The molecule has 0 bridgehead atoms. The number of benzene rings is 1. The summed E-state index contributed by atoms with van der Waals surface area (Å²) in [5.41, 5.74) is 1.07. The van der Waals surface area contributed by atoms with Gasteiger partial charge in [-0.3, -0.25) is 0 Å². The van der Waals surface area contributed by atoms with E-state index < -0.39 is 10.0 Å².